The molecule has 2 bridgehead atoms. The average Bonchev–Trinajstić information content (AvgIpc) is 2.95. The molecule has 0 aromatic heterocycles. The first-order valence-corrected chi connectivity index (χ1v) is 10.8. The predicted molar refractivity (Wildman–Crippen MR) is 109 cm³/mol. The monoisotopic (exact) mass is 410 g/mol. The van der Waals surface area contributed by atoms with Gasteiger partial charge in [0.25, 0.3) is 0 Å². The molecule has 6 heteroatoms. The summed E-state index contributed by atoms with van der Waals surface area (Å²) in [6.45, 7) is 4.57. The third-order valence-electron chi connectivity index (χ3n) is 8.01. The Hall–Kier alpha value is -0.880. The van der Waals surface area contributed by atoms with Crippen molar-refractivity contribution in [2.24, 2.45) is 29.6 Å². The van der Waals surface area contributed by atoms with E-state index >= 15 is 0 Å². The molecule has 3 rings (SSSR count). The number of hydrogen-bond donors (Lipinski definition) is 2. The average molecular weight is 411 g/mol. The van der Waals surface area contributed by atoms with Gasteiger partial charge in [-0.1, -0.05) is 19.6 Å². The van der Waals surface area contributed by atoms with E-state index < -0.39 is 17.3 Å². The third-order valence-corrected chi connectivity index (χ3v) is 8.01. The van der Waals surface area contributed by atoms with Crippen molar-refractivity contribution in [1.29, 1.82) is 0 Å². The van der Waals surface area contributed by atoms with Crippen LogP contribution in [0.5, 0.6) is 0 Å². The van der Waals surface area contributed by atoms with Crippen LogP contribution >= 0.6 is 0 Å². The van der Waals surface area contributed by atoms with Gasteiger partial charge in [-0.2, -0.15) is 0 Å². The van der Waals surface area contributed by atoms with Crippen LogP contribution in [-0.2, 0) is 18.9 Å². The summed E-state index contributed by atoms with van der Waals surface area (Å²) < 4.78 is 22.9. The zero-order valence-corrected chi connectivity index (χ0v) is 18.7. The fraction of sp³-hybridized carbons (Fsp3) is 0.870. The molecule has 29 heavy (non-hydrogen) atoms. The van der Waals surface area contributed by atoms with Crippen LogP contribution in [0, 0.1) is 29.6 Å². The Morgan fingerprint density at radius 2 is 1.86 bits per heavy atom. The maximum absolute atomic E-state index is 12.2. The van der Waals surface area contributed by atoms with Gasteiger partial charge in [0.15, 0.2) is 0 Å². The first-order valence-electron chi connectivity index (χ1n) is 10.8. The van der Waals surface area contributed by atoms with E-state index in [1.54, 1.807) is 28.4 Å². The second-order valence-electron chi connectivity index (χ2n) is 9.07. The minimum Gasteiger partial charge on any atom is -0.493 e. The van der Waals surface area contributed by atoms with Crippen molar-refractivity contribution in [2.45, 2.75) is 62.9 Å². The Balaban J connectivity index is 2.16. The van der Waals surface area contributed by atoms with Crippen LogP contribution in [0.2, 0.25) is 0 Å². The number of ether oxygens (including phenoxy) is 4. The molecule has 0 aromatic rings. The van der Waals surface area contributed by atoms with Gasteiger partial charge in [0.1, 0.15) is 17.0 Å². The molecule has 0 spiro atoms. The highest BCUT2D eigenvalue weighted by molar-refractivity contribution is 5.25. The predicted octanol–water partition coefficient (Wildman–Crippen LogP) is 2.53. The molecular formula is C23H38O6. The lowest BCUT2D eigenvalue weighted by Gasteiger charge is -2.55. The Morgan fingerprint density at radius 1 is 1.14 bits per heavy atom. The van der Waals surface area contributed by atoms with Gasteiger partial charge in [0.05, 0.1) is 25.9 Å². The molecule has 0 aliphatic heterocycles. The number of rotatable bonds is 7. The number of fused-ring (bicyclic) bond motifs is 1. The molecule has 9 atom stereocenters. The molecule has 3 aliphatic rings. The lowest BCUT2D eigenvalue weighted by atomic mass is 9.62. The summed E-state index contributed by atoms with van der Waals surface area (Å²) in [5, 5.41) is 24.3. The van der Waals surface area contributed by atoms with E-state index in [0.29, 0.717) is 19.4 Å². The van der Waals surface area contributed by atoms with Gasteiger partial charge >= 0.3 is 0 Å². The molecule has 3 aliphatic carbocycles. The molecule has 6 nitrogen and oxygen atoms in total. The van der Waals surface area contributed by atoms with E-state index in [-0.39, 0.29) is 35.7 Å². The van der Waals surface area contributed by atoms with Gasteiger partial charge in [0, 0.05) is 45.5 Å². The van der Waals surface area contributed by atoms with Crippen molar-refractivity contribution in [1.82, 2.24) is 0 Å². The minimum atomic E-state index is -1.36. The maximum Gasteiger partial charge on any atom is 0.141 e. The van der Waals surface area contributed by atoms with E-state index in [4.69, 9.17) is 18.9 Å². The fourth-order valence-corrected chi connectivity index (χ4v) is 6.66. The Morgan fingerprint density at radius 3 is 2.41 bits per heavy atom. The van der Waals surface area contributed by atoms with Gasteiger partial charge in [-0.3, -0.25) is 0 Å². The van der Waals surface area contributed by atoms with Crippen molar-refractivity contribution < 1.29 is 29.2 Å². The van der Waals surface area contributed by atoms with Gasteiger partial charge in [0.2, 0.25) is 0 Å². The second-order valence-corrected chi connectivity index (χ2v) is 9.07. The normalized spacial score (nSPS) is 46.0. The van der Waals surface area contributed by atoms with Crippen LogP contribution in [-0.4, -0.2) is 68.7 Å². The highest BCUT2D eigenvalue weighted by Gasteiger charge is 2.74. The van der Waals surface area contributed by atoms with Crippen molar-refractivity contribution >= 4 is 0 Å². The van der Waals surface area contributed by atoms with Crippen molar-refractivity contribution in [3.8, 4) is 0 Å². The zero-order valence-electron chi connectivity index (χ0n) is 18.7. The minimum absolute atomic E-state index is 0.0313. The van der Waals surface area contributed by atoms with Crippen LogP contribution in [0.4, 0.5) is 0 Å². The molecule has 2 N–H and O–H groups in total. The Labute approximate surface area is 174 Å². The molecule has 3 fully saturated rings. The quantitative estimate of drug-likeness (QED) is 0.496. The smallest absolute Gasteiger partial charge is 0.141 e. The molecule has 0 amide bonds. The van der Waals surface area contributed by atoms with Gasteiger partial charge < -0.3 is 29.2 Å². The first kappa shape index (κ1) is 22.8. The number of aliphatic hydroxyl groups is 2. The molecular weight excluding hydrogens is 372 g/mol. The van der Waals surface area contributed by atoms with Crippen molar-refractivity contribution in [3.63, 3.8) is 0 Å². The topological polar surface area (TPSA) is 77.4 Å². The SMILES string of the molecule is CCC=C=C(OC)C1C[C@@H](COC)[C@@]2(O)CC(OC)[C@H]3CC(C1C)C2(O)[C@H]3OC. The lowest BCUT2D eigenvalue weighted by molar-refractivity contribution is -0.277. The van der Waals surface area contributed by atoms with Crippen LogP contribution in [0.3, 0.4) is 0 Å². The fourth-order valence-electron chi connectivity index (χ4n) is 6.66. The summed E-state index contributed by atoms with van der Waals surface area (Å²) >= 11 is 0. The molecule has 0 saturated heterocycles. The van der Waals surface area contributed by atoms with E-state index in [2.05, 4.69) is 19.6 Å². The standard InChI is InChI=1S/C23H38O6/c1-7-8-9-19(27-4)16-10-15(13-26-3)22(24)12-20(28-5)17-11-18(14(16)2)23(22,25)21(17)29-6/h8,14-18,20-21,24-25H,7,10-13H2,1-6H3/t9?,14?,15-,16?,17+,18?,20?,21-,22-,23?/m0/s1. The van der Waals surface area contributed by atoms with Gasteiger partial charge in [-0.15, -0.1) is 0 Å². The van der Waals surface area contributed by atoms with Crippen LogP contribution in [0.25, 0.3) is 0 Å². The van der Waals surface area contributed by atoms with Crippen LogP contribution in [0.1, 0.15) is 39.5 Å². The summed E-state index contributed by atoms with van der Waals surface area (Å²) in [6, 6.07) is 0. The third kappa shape index (κ3) is 3.29. The first-order chi connectivity index (χ1) is 13.8. The molecule has 0 heterocycles. The largest absolute Gasteiger partial charge is 0.493 e. The summed E-state index contributed by atoms with van der Waals surface area (Å²) in [7, 11) is 6.62. The van der Waals surface area contributed by atoms with Crippen molar-refractivity contribution in [3.05, 3.63) is 17.6 Å². The zero-order chi connectivity index (χ0) is 21.4. The molecule has 5 unspecified atom stereocenters. The van der Waals surface area contributed by atoms with Gasteiger partial charge in [-0.05, 0) is 37.2 Å². The van der Waals surface area contributed by atoms with Crippen LogP contribution < -0.4 is 0 Å². The Kier molecular flexibility index (Phi) is 6.84. The van der Waals surface area contributed by atoms with E-state index in [9.17, 15) is 10.2 Å². The number of allylic oxidation sites excluding steroid dienone is 1. The summed E-state index contributed by atoms with van der Waals surface area (Å²) in [5.74, 6) is 0.531. The summed E-state index contributed by atoms with van der Waals surface area (Å²) in [6.07, 6.45) is 4.00. The number of hydrogen-bond acceptors (Lipinski definition) is 6. The summed E-state index contributed by atoms with van der Waals surface area (Å²) in [5.41, 5.74) is 0.595. The van der Waals surface area contributed by atoms with E-state index in [1.807, 2.05) is 6.08 Å². The highest BCUT2D eigenvalue weighted by Crippen LogP contribution is 2.63. The van der Waals surface area contributed by atoms with Gasteiger partial charge in [-0.25, -0.2) is 0 Å². The van der Waals surface area contributed by atoms with Crippen LogP contribution in [0.15, 0.2) is 17.6 Å². The molecule has 166 valence electrons. The van der Waals surface area contributed by atoms with Crippen molar-refractivity contribution in [2.75, 3.05) is 35.0 Å². The van der Waals surface area contributed by atoms with E-state index in [0.717, 1.165) is 18.6 Å². The molecule has 0 radical (unpaired) electrons. The second kappa shape index (κ2) is 8.70. The summed E-state index contributed by atoms with van der Waals surface area (Å²) in [4.78, 5) is 0. The lowest BCUT2D eigenvalue weighted by Crippen LogP contribution is -2.71. The molecule has 3 saturated carbocycles. The molecule has 0 aromatic carbocycles. The number of methoxy groups -OCH3 is 4. The Bertz CT molecular complexity index is 643. The highest BCUT2D eigenvalue weighted by atomic mass is 16.5. The maximum atomic E-state index is 12.2. The van der Waals surface area contributed by atoms with E-state index in [1.165, 1.54) is 0 Å².